The lowest BCUT2D eigenvalue weighted by Crippen LogP contribution is -2.31. The average molecular weight is 319 g/mol. The van der Waals surface area contributed by atoms with Crippen molar-refractivity contribution in [2.75, 3.05) is 13.7 Å². The largest absolute Gasteiger partial charge is 0.464 e. The third kappa shape index (κ3) is 3.64. The Hall–Kier alpha value is -1.91. The molecule has 0 atom stereocenters. The highest BCUT2D eigenvalue weighted by Gasteiger charge is 2.19. The third-order valence-electron chi connectivity index (χ3n) is 3.77. The quantitative estimate of drug-likeness (QED) is 0.816. The van der Waals surface area contributed by atoms with Crippen LogP contribution in [0, 0.1) is 0 Å². The van der Waals surface area contributed by atoms with Crippen LogP contribution in [0.1, 0.15) is 27.3 Å². The van der Waals surface area contributed by atoms with Gasteiger partial charge in [-0.2, -0.15) is 0 Å². The van der Waals surface area contributed by atoms with Gasteiger partial charge in [-0.3, -0.25) is 4.90 Å². The number of nitrogens with zero attached hydrogens (tertiary/aromatic N) is 2. The molecular weight excluding hydrogens is 300 g/mol. The highest BCUT2D eigenvalue weighted by molar-refractivity contribution is 5.87. The predicted molar refractivity (Wildman–Crippen MR) is 87.1 cm³/mol. The summed E-state index contributed by atoms with van der Waals surface area (Å²) in [6.45, 7) is 2.78. The summed E-state index contributed by atoms with van der Waals surface area (Å²) in [5, 5.41) is 0. The lowest BCUT2D eigenvalue weighted by molar-refractivity contribution is 0.0593. The Bertz CT molecular complexity index is 646. The van der Waals surface area contributed by atoms with Gasteiger partial charge in [-0.1, -0.05) is 36.4 Å². The number of halogens is 1. The van der Waals surface area contributed by atoms with Gasteiger partial charge < -0.3 is 4.74 Å². The number of methoxy groups -OCH3 is 1. The number of benzene rings is 1. The summed E-state index contributed by atoms with van der Waals surface area (Å²) in [5.41, 5.74) is 3.93. The van der Waals surface area contributed by atoms with E-state index in [1.54, 1.807) is 6.07 Å². The van der Waals surface area contributed by atoms with Crippen LogP contribution in [0.3, 0.4) is 0 Å². The van der Waals surface area contributed by atoms with Crippen molar-refractivity contribution < 1.29 is 9.53 Å². The van der Waals surface area contributed by atoms with Gasteiger partial charge in [0.15, 0.2) is 0 Å². The van der Waals surface area contributed by atoms with E-state index >= 15 is 0 Å². The normalized spacial score (nSPS) is 13.9. The monoisotopic (exact) mass is 318 g/mol. The first kappa shape index (κ1) is 16.5. The van der Waals surface area contributed by atoms with Gasteiger partial charge in [0, 0.05) is 31.7 Å². The van der Waals surface area contributed by atoms with E-state index in [2.05, 4.69) is 34.1 Å². The molecule has 0 amide bonds. The standard InChI is InChI=1S/C17H18N2O2.ClH/c1-21-17(20)16-8-7-14-12-19(10-9-15(14)18-16)11-13-5-3-2-4-6-13;/h2-8H,9-12H2,1H3;1H. The molecule has 4 nitrogen and oxygen atoms in total. The Labute approximate surface area is 136 Å². The molecule has 1 aliphatic rings. The lowest BCUT2D eigenvalue weighted by Gasteiger charge is -2.28. The number of fused-ring (bicyclic) bond motifs is 1. The second-order valence-electron chi connectivity index (χ2n) is 5.24. The fourth-order valence-corrected chi connectivity index (χ4v) is 2.67. The highest BCUT2D eigenvalue weighted by Crippen LogP contribution is 2.19. The van der Waals surface area contributed by atoms with E-state index in [9.17, 15) is 4.79 Å². The van der Waals surface area contributed by atoms with Crippen LogP contribution in [0.4, 0.5) is 0 Å². The minimum absolute atomic E-state index is 0. The highest BCUT2D eigenvalue weighted by atomic mass is 35.5. The van der Waals surface area contributed by atoms with E-state index in [0.717, 1.165) is 31.7 Å². The number of ether oxygens (including phenoxy) is 1. The maximum Gasteiger partial charge on any atom is 0.356 e. The van der Waals surface area contributed by atoms with Crippen LogP contribution < -0.4 is 0 Å². The van der Waals surface area contributed by atoms with E-state index in [-0.39, 0.29) is 18.4 Å². The number of rotatable bonds is 3. The summed E-state index contributed by atoms with van der Waals surface area (Å²) in [4.78, 5) is 18.3. The van der Waals surface area contributed by atoms with Gasteiger partial charge in [0.05, 0.1) is 7.11 Å². The molecule has 5 heteroatoms. The zero-order valence-electron chi connectivity index (χ0n) is 12.5. The molecule has 2 aromatic rings. The summed E-state index contributed by atoms with van der Waals surface area (Å²) in [5.74, 6) is -0.371. The van der Waals surface area contributed by atoms with Crippen LogP contribution in [-0.2, 0) is 24.2 Å². The molecule has 0 fully saturated rings. The third-order valence-corrected chi connectivity index (χ3v) is 3.77. The van der Waals surface area contributed by atoms with Crippen LogP contribution >= 0.6 is 12.4 Å². The maximum absolute atomic E-state index is 11.5. The van der Waals surface area contributed by atoms with E-state index in [1.807, 2.05) is 12.1 Å². The Kier molecular flexibility index (Phi) is 5.52. The summed E-state index contributed by atoms with van der Waals surface area (Å²) in [7, 11) is 1.38. The van der Waals surface area contributed by atoms with Crippen LogP contribution in [0.15, 0.2) is 42.5 Å². The summed E-state index contributed by atoms with van der Waals surface area (Å²) < 4.78 is 4.72. The molecule has 0 spiro atoms. The van der Waals surface area contributed by atoms with E-state index in [4.69, 9.17) is 4.74 Å². The van der Waals surface area contributed by atoms with E-state index in [1.165, 1.54) is 18.2 Å². The maximum atomic E-state index is 11.5. The van der Waals surface area contributed by atoms with Gasteiger partial charge >= 0.3 is 5.97 Å². The zero-order chi connectivity index (χ0) is 14.7. The molecule has 116 valence electrons. The average Bonchev–Trinajstić information content (AvgIpc) is 2.54. The molecular formula is C17H19ClN2O2. The predicted octanol–water partition coefficient (Wildman–Crippen LogP) is 2.85. The summed E-state index contributed by atoms with van der Waals surface area (Å²) in [6, 6.07) is 14.2. The second kappa shape index (κ2) is 7.38. The van der Waals surface area contributed by atoms with Gasteiger partial charge in [-0.15, -0.1) is 12.4 Å². The van der Waals surface area contributed by atoms with Crippen molar-refractivity contribution in [1.82, 2.24) is 9.88 Å². The molecule has 0 unspecified atom stereocenters. The topological polar surface area (TPSA) is 42.4 Å². The van der Waals surface area contributed by atoms with Crippen molar-refractivity contribution in [1.29, 1.82) is 0 Å². The minimum Gasteiger partial charge on any atom is -0.464 e. The van der Waals surface area contributed by atoms with Gasteiger partial charge in [0.1, 0.15) is 5.69 Å². The van der Waals surface area contributed by atoms with Crippen molar-refractivity contribution in [2.45, 2.75) is 19.5 Å². The molecule has 0 bridgehead atoms. The summed E-state index contributed by atoms with van der Waals surface area (Å²) >= 11 is 0. The van der Waals surface area contributed by atoms with Gasteiger partial charge in [-0.25, -0.2) is 9.78 Å². The number of hydrogen-bond donors (Lipinski definition) is 0. The molecule has 22 heavy (non-hydrogen) atoms. The Morgan fingerprint density at radius 1 is 1.23 bits per heavy atom. The SMILES string of the molecule is COC(=O)c1ccc2c(n1)CCN(Cc1ccccc1)C2.Cl. The van der Waals surface area contributed by atoms with Crippen molar-refractivity contribution in [3.05, 3.63) is 65.0 Å². The molecule has 0 N–H and O–H groups in total. The van der Waals surface area contributed by atoms with Gasteiger partial charge in [-0.05, 0) is 17.2 Å². The molecule has 0 radical (unpaired) electrons. The van der Waals surface area contributed by atoms with Crippen molar-refractivity contribution in [3.63, 3.8) is 0 Å². The molecule has 0 saturated heterocycles. The zero-order valence-corrected chi connectivity index (χ0v) is 13.3. The molecule has 2 heterocycles. The van der Waals surface area contributed by atoms with Crippen molar-refractivity contribution in [2.24, 2.45) is 0 Å². The molecule has 0 aliphatic carbocycles. The first-order valence-electron chi connectivity index (χ1n) is 7.09. The van der Waals surface area contributed by atoms with Crippen LogP contribution in [0.25, 0.3) is 0 Å². The van der Waals surface area contributed by atoms with Crippen LogP contribution in [-0.4, -0.2) is 29.5 Å². The molecule has 1 aliphatic heterocycles. The first-order chi connectivity index (χ1) is 10.3. The molecule has 3 rings (SSSR count). The van der Waals surface area contributed by atoms with E-state index in [0.29, 0.717) is 5.69 Å². The Morgan fingerprint density at radius 2 is 2.00 bits per heavy atom. The fourth-order valence-electron chi connectivity index (χ4n) is 2.67. The first-order valence-corrected chi connectivity index (χ1v) is 7.09. The number of pyridine rings is 1. The van der Waals surface area contributed by atoms with E-state index < -0.39 is 0 Å². The molecule has 1 aromatic carbocycles. The Balaban J connectivity index is 0.00000176. The van der Waals surface area contributed by atoms with Crippen LogP contribution in [0.5, 0.6) is 0 Å². The molecule has 1 aromatic heterocycles. The number of carbonyl (C=O) groups excluding carboxylic acids is 1. The van der Waals surface area contributed by atoms with Gasteiger partial charge in [0.25, 0.3) is 0 Å². The number of carbonyl (C=O) groups is 1. The number of aromatic nitrogens is 1. The van der Waals surface area contributed by atoms with Crippen LogP contribution in [0.2, 0.25) is 0 Å². The number of esters is 1. The minimum atomic E-state index is -0.371. The fraction of sp³-hybridized carbons (Fsp3) is 0.294. The molecule has 0 saturated carbocycles. The lowest BCUT2D eigenvalue weighted by atomic mass is 10.0. The smallest absolute Gasteiger partial charge is 0.356 e. The summed E-state index contributed by atoms with van der Waals surface area (Å²) in [6.07, 6.45) is 0.868. The van der Waals surface area contributed by atoms with Crippen molar-refractivity contribution >= 4 is 18.4 Å². The Morgan fingerprint density at radius 3 is 2.73 bits per heavy atom. The second-order valence-corrected chi connectivity index (χ2v) is 5.24. The number of hydrogen-bond acceptors (Lipinski definition) is 4. The van der Waals surface area contributed by atoms with Gasteiger partial charge in [0.2, 0.25) is 0 Å². The van der Waals surface area contributed by atoms with Crippen molar-refractivity contribution in [3.8, 4) is 0 Å².